The Balaban J connectivity index is 3.90. The second kappa shape index (κ2) is 4.21. The van der Waals surface area contributed by atoms with Crippen molar-refractivity contribution >= 4 is 5.96 Å². The summed E-state index contributed by atoms with van der Waals surface area (Å²) in [5, 5.41) is 3.13. The van der Waals surface area contributed by atoms with E-state index in [1.165, 1.54) is 0 Å². The highest BCUT2D eigenvalue weighted by Crippen LogP contribution is 2.09. The van der Waals surface area contributed by atoms with E-state index in [0.29, 0.717) is 5.96 Å². The fraction of sp³-hybridized carbons (Fsp3) is 0.875. The summed E-state index contributed by atoms with van der Waals surface area (Å²) in [4.78, 5) is 3.84. The maximum atomic E-state index is 5.53. The summed E-state index contributed by atoms with van der Waals surface area (Å²) < 4.78 is 0. The van der Waals surface area contributed by atoms with Crippen molar-refractivity contribution in [1.82, 2.24) is 5.32 Å². The number of hydrogen-bond donors (Lipinski definition) is 2. The van der Waals surface area contributed by atoms with Crippen molar-refractivity contribution in [3.8, 4) is 0 Å². The summed E-state index contributed by atoms with van der Waals surface area (Å²) >= 11 is 0. The summed E-state index contributed by atoms with van der Waals surface area (Å²) in [7, 11) is 1.68. The van der Waals surface area contributed by atoms with Crippen LogP contribution in [0.3, 0.4) is 0 Å². The Morgan fingerprint density at radius 1 is 1.55 bits per heavy atom. The van der Waals surface area contributed by atoms with Crippen LogP contribution in [0.5, 0.6) is 0 Å². The van der Waals surface area contributed by atoms with E-state index in [0.717, 1.165) is 12.8 Å². The van der Waals surface area contributed by atoms with Crippen molar-refractivity contribution in [2.45, 2.75) is 39.2 Å². The van der Waals surface area contributed by atoms with Crippen LogP contribution in [-0.4, -0.2) is 18.5 Å². The van der Waals surface area contributed by atoms with Gasteiger partial charge < -0.3 is 11.1 Å². The lowest BCUT2D eigenvalue weighted by Crippen LogP contribution is -2.46. The number of guanidine groups is 1. The fourth-order valence-electron chi connectivity index (χ4n) is 1.09. The summed E-state index contributed by atoms with van der Waals surface area (Å²) in [5.41, 5.74) is 5.60. The molecule has 0 heterocycles. The van der Waals surface area contributed by atoms with Gasteiger partial charge in [-0.15, -0.1) is 0 Å². The van der Waals surface area contributed by atoms with Gasteiger partial charge in [-0.3, -0.25) is 4.99 Å². The van der Waals surface area contributed by atoms with Crippen molar-refractivity contribution in [1.29, 1.82) is 0 Å². The number of aliphatic imine (C=N–C) groups is 1. The van der Waals surface area contributed by atoms with Crippen LogP contribution in [0.2, 0.25) is 0 Å². The zero-order valence-corrected chi connectivity index (χ0v) is 7.94. The van der Waals surface area contributed by atoms with Gasteiger partial charge in [-0.1, -0.05) is 13.3 Å². The van der Waals surface area contributed by atoms with Gasteiger partial charge in [0, 0.05) is 12.6 Å². The van der Waals surface area contributed by atoms with E-state index in [-0.39, 0.29) is 5.54 Å². The maximum absolute atomic E-state index is 5.53. The second-order valence-electron chi connectivity index (χ2n) is 3.37. The zero-order valence-electron chi connectivity index (χ0n) is 7.94. The van der Waals surface area contributed by atoms with Gasteiger partial charge in [-0.2, -0.15) is 0 Å². The molecule has 0 aliphatic heterocycles. The first-order valence-corrected chi connectivity index (χ1v) is 4.02. The van der Waals surface area contributed by atoms with E-state index >= 15 is 0 Å². The molecule has 0 bridgehead atoms. The minimum atomic E-state index is 0.0678. The molecule has 0 spiro atoms. The largest absolute Gasteiger partial charge is 0.370 e. The summed E-state index contributed by atoms with van der Waals surface area (Å²) in [5.74, 6) is 0.517. The Labute approximate surface area is 69.1 Å². The molecule has 0 aromatic heterocycles. The average Bonchev–Trinajstić information content (AvgIpc) is 1.86. The minimum Gasteiger partial charge on any atom is -0.370 e. The Bertz CT molecular complexity index is 138. The third-order valence-corrected chi connectivity index (χ3v) is 1.58. The first kappa shape index (κ1) is 10.3. The monoisotopic (exact) mass is 157 g/mol. The molecule has 0 fully saturated rings. The van der Waals surface area contributed by atoms with Gasteiger partial charge in [-0.05, 0) is 20.3 Å². The van der Waals surface area contributed by atoms with Gasteiger partial charge in [0.05, 0.1) is 0 Å². The molecule has 0 saturated heterocycles. The van der Waals surface area contributed by atoms with Crippen molar-refractivity contribution in [3.63, 3.8) is 0 Å². The predicted molar refractivity (Wildman–Crippen MR) is 49.7 cm³/mol. The Kier molecular flexibility index (Phi) is 3.93. The number of nitrogens with two attached hydrogens (primary N) is 1. The second-order valence-corrected chi connectivity index (χ2v) is 3.37. The molecule has 0 aliphatic carbocycles. The molecule has 3 N–H and O–H groups in total. The first-order valence-electron chi connectivity index (χ1n) is 4.02. The van der Waals surface area contributed by atoms with Crippen LogP contribution in [0, 0.1) is 0 Å². The van der Waals surface area contributed by atoms with Crippen molar-refractivity contribution in [3.05, 3.63) is 0 Å². The van der Waals surface area contributed by atoms with Crippen LogP contribution in [-0.2, 0) is 0 Å². The summed E-state index contributed by atoms with van der Waals surface area (Å²) in [6.07, 6.45) is 2.25. The van der Waals surface area contributed by atoms with Gasteiger partial charge in [0.1, 0.15) is 0 Å². The first-order chi connectivity index (χ1) is 5.02. The Morgan fingerprint density at radius 3 is 2.45 bits per heavy atom. The van der Waals surface area contributed by atoms with E-state index in [1.54, 1.807) is 7.05 Å². The zero-order chi connectivity index (χ0) is 8.91. The molecule has 3 heteroatoms. The highest BCUT2D eigenvalue weighted by atomic mass is 15.1. The molecule has 0 aromatic carbocycles. The van der Waals surface area contributed by atoms with E-state index in [1.807, 2.05) is 0 Å². The SMILES string of the molecule is CCCC(C)(C)NC(N)=NC. The molecule has 0 radical (unpaired) electrons. The van der Waals surface area contributed by atoms with Crippen LogP contribution in [0.4, 0.5) is 0 Å². The lowest BCUT2D eigenvalue weighted by Gasteiger charge is -2.25. The smallest absolute Gasteiger partial charge is 0.188 e. The number of nitrogens with one attached hydrogen (secondary N) is 1. The quantitative estimate of drug-likeness (QED) is 0.476. The fourth-order valence-corrected chi connectivity index (χ4v) is 1.09. The van der Waals surface area contributed by atoms with Crippen LogP contribution in [0.15, 0.2) is 4.99 Å². The van der Waals surface area contributed by atoms with E-state index in [2.05, 4.69) is 31.1 Å². The summed E-state index contributed by atoms with van der Waals surface area (Å²) in [6, 6.07) is 0. The molecule has 66 valence electrons. The van der Waals surface area contributed by atoms with Gasteiger partial charge in [0.25, 0.3) is 0 Å². The van der Waals surface area contributed by atoms with E-state index in [4.69, 9.17) is 5.73 Å². The average molecular weight is 157 g/mol. The normalized spacial score (nSPS) is 13.3. The molecular weight excluding hydrogens is 138 g/mol. The maximum Gasteiger partial charge on any atom is 0.188 e. The van der Waals surface area contributed by atoms with Gasteiger partial charge in [0.2, 0.25) is 0 Å². The molecule has 0 saturated carbocycles. The van der Waals surface area contributed by atoms with Crippen molar-refractivity contribution in [2.75, 3.05) is 7.05 Å². The molecular formula is C8H19N3. The predicted octanol–water partition coefficient (Wildman–Crippen LogP) is 1.10. The molecule has 3 nitrogen and oxygen atoms in total. The van der Waals surface area contributed by atoms with Crippen LogP contribution >= 0.6 is 0 Å². The topological polar surface area (TPSA) is 50.4 Å². The van der Waals surface area contributed by atoms with Crippen molar-refractivity contribution in [2.24, 2.45) is 10.7 Å². The molecule has 0 rings (SSSR count). The number of nitrogens with zero attached hydrogens (tertiary/aromatic N) is 1. The van der Waals surface area contributed by atoms with E-state index < -0.39 is 0 Å². The summed E-state index contributed by atoms with van der Waals surface area (Å²) in [6.45, 7) is 6.39. The molecule has 11 heavy (non-hydrogen) atoms. The van der Waals surface area contributed by atoms with E-state index in [9.17, 15) is 0 Å². The minimum absolute atomic E-state index is 0.0678. The third-order valence-electron chi connectivity index (χ3n) is 1.58. The van der Waals surface area contributed by atoms with Gasteiger partial charge >= 0.3 is 0 Å². The Morgan fingerprint density at radius 2 is 2.09 bits per heavy atom. The highest BCUT2D eigenvalue weighted by molar-refractivity contribution is 5.78. The number of hydrogen-bond acceptors (Lipinski definition) is 1. The Hall–Kier alpha value is -0.730. The number of rotatable bonds is 3. The standard InChI is InChI=1S/C8H19N3/c1-5-6-8(2,3)11-7(9)10-4/h5-6H2,1-4H3,(H3,9,10,11). The molecule has 0 aromatic rings. The van der Waals surface area contributed by atoms with Crippen molar-refractivity contribution < 1.29 is 0 Å². The van der Waals surface area contributed by atoms with Gasteiger partial charge in [-0.25, -0.2) is 0 Å². The molecule has 0 amide bonds. The van der Waals surface area contributed by atoms with Gasteiger partial charge in [0.15, 0.2) is 5.96 Å². The molecule has 0 aliphatic rings. The highest BCUT2D eigenvalue weighted by Gasteiger charge is 2.15. The lowest BCUT2D eigenvalue weighted by atomic mass is 9.99. The lowest BCUT2D eigenvalue weighted by molar-refractivity contribution is 0.419. The van der Waals surface area contributed by atoms with Crippen LogP contribution < -0.4 is 11.1 Å². The molecule has 0 atom stereocenters. The van der Waals surface area contributed by atoms with Crippen LogP contribution in [0.25, 0.3) is 0 Å². The van der Waals surface area contributed by atoms with Crippen LogP contribution in [0.1, 0.15) is 33.6 Å². The third kappa shape index (κ3) is 4.65. The molecule has 0 unspecified atom stereocenters.